The van der Waals surface area contributed by atoms with Crippen LogP contribution in [0.15, 0.2) is 60.8 Å². The van der Waals surface area contributed by atoms with Crippen LogP contribution in [0.4, 0.5) is 16.2 Å². The lowest BCUT2D eigenvalue weighted by Gasteiger charge is -2.33. The molecule has 2 aromatic heterocycles. The molecule has 248 valence electrons. The number of fused-ring (bicyclic) bond motifs is 2. The Morgan fingerprint density at radius 1 is 1.00 bits per heavy atom. The molecule has 0 bridgehead atoms. The number of pyridine rings is 1. The monoisotopic (exact) mass is 636 g/mol. The van der Waals surface area contributed by atoms with Gasteiger partial charge in [0, 0.05) is 37.6 Å². The van der Waals surface area contributed by atoms with Gasteiger partial charge in [0.15, 0.2) is 11.5 Å². The first-order valence-electron chi connectivity index (χ1n) is 17.1. The van der Waals surface area contributed by atoms with Crippen LogP contribution in [0.3, 0.4) is 0 Å². The number of amides is 2. The van der Waals surface area contributed by atoms with E-state index in [1.54, 1.807) is 0 Å². The third-order valence-corrected chi connectivity index (χ3v) is 10.4. The van der Waals surface area contributed by atoms with E-state index in [9.17, 15) is 4.79 Å². The van der Waals surface area contributed by atoms with Gasteiger partial charge in [0.25, 0.3) is 0 Å². The second-order valence-electron chi connectivity index (χ2n) is 14.6. The Kier molecular flexibility index (Phi) is 8.34. The minimum atomic E-state index is -0.197. The maximum atomic E-state index is 13.5. The highest BCUT2D eigenvalue weighted by molar-refractivity contribution is 5.90. The lowest BCUT2D eigenvalue weighted by Crippen LogP contribution is -2.43. The minimum absolute atomic E-state index is 0.0421. The average Bonchev–Trinajstić information content (AvgIpc) is 3.64. The van der Waals surface area contributed by atoms with Crippen molar-refractivity contribution in [1.82, 2.24) is 30.1 Å². The van der Waals surface area contributed by atoms with E-state index >= 15 is 0 Å². The summed E-state index contributed by atoms with van der Waals surface area (Å²) in [5.41, 5.74) is 5.99. The zero-order chi connectivity index (χ0) is 32.8. The van der Waals surface area contributed by atoms with Crippen LogP contribution in [0.5, 0.6) is 5.75 Å². The van der Waals surface area contributed by atoms with Gasteiger partial charge < -0.3 is 25.6 Å². The molecule has 2 aromatic carbocycles. The molecule has 3 aliphatic rings. The number of ether oxygens (including phenoxy) is 1. The van der Waals surface area contributed by atoms with E-state index in [0.29, 0.717) is 0 Å². The van der Waals surface area contributed by atoms with Gasteiger partial charge in [-0.3, -0.25) is 9.30 Å². The smallest absolute Gasteiger partial charge is 0.319 e. The van der Waals surface area contributed by atoms with Gasteiger partial charge in [-0.15, -0.1) is 10.2 Å². The number of anilines is 2. The second kappa shape index (κ2) is 12.5. The highest BCUT2D eigenvalue weighted by Crippen LogP contribution is 2.40. The van der Waals surface area contributed by atoms with Crippen molar-refractivity contribution in [2.75, 3.05) is 50.0 Å². The Bertz CT molecular complexity index is 1760. The molecule has 3 atom stereocenters. The van der Waals surface area contributed by atoms with E-state index in [1.807, 2.05) is 30.5 Å². The fourth-order valence-electron chi connectivity index (χ4n) is 7.42. The second-order valence-corrected chi connectivity index (χ2v) is 14.6. The summed E-state index contributed by atoms with van der Waals surface area (Å²) in [6.45, 7) is 13.8. The fourth-order valence-corrected chi connectivity index (χ4v) is 7.42. The highest BCUT2D eigenvalue weighted by atomic mass is 16.5. The lowest BCUT2D eigenvalue weighted by atomic mass is 9.85. The van der Waals surface area contributed by atoms with E-state index in [0.717, 1.165) is 98.1 Å². The van der Waals surface area contributed by atoms with Crippen molar-refractivity contribution >= 4 is 23.1 Å². The molecule has 2 fully saturated rings. The van der Waals surface area contributed by atoms with Crippen molar-refractivity contribution in [2.45, 2.75) is 76.5 Å². The number of benzene rings is 2. The number of aromatic nitrogens is 3. The molecule has 2 amide bonds. The maximum Gasteiger partial charge on any atom is 0.319 e. The van der Waals surface area contributed by atoms with Gasteiger partial charge in [0.1, 0.15) is 11.9 Å². The molecule has 7 rings (SSSR count). The summed E-state index contributed by atoms with van der Waals surface area (Å²) >= 11 is 0. The number of nitrogens with one attached hydrogen (secondary N) is 3. The molecular weight excluding hydrogens is 588 g/mol. The van der Waals surface area contributed by atoms with Gasteiger partial charge in [-0.25, -0.2) is 4.79 Å². The van der Waals surface area contributed by atoms with Crippen LogP contribution in [0.1, 0.15) is 88.0 Å². The van der Waals surface area contributed by atoms with E-state index in [2.05, 4.69) is 105 Å². The number of hydrogen-bond acceptors (Lipinski definition) is 7. The summed E-state index contributed by atoms with van der Waals surface area (Å²) in [6, 6.07) is 18.4. The third-order valence-electron chi connectivity index (χ3n) is 10.4. The number of piperazine rings is 1. The standard InChI is InChI=1S/C37H48N8O2/c1-36(2,3)25-21-26(23-27(22-25)44-19-16-38-17-20-44)39-35(46)40-31-12-13-32(30-10-7-6-9-29(30)31)47-28-11-14-33-41-42-34(45(33)24-28)37(4)15-8-18-43(37)5/h6-7,9-11,14,21-24,31-32,38H,8,12-13,15-20H2,1-5H3,(H2,39,40,46)/t31-,32+,37-/m0/s1. The summed E-state index contributed by atoms with van der Waals surface area (Å²) in [4.78, 5) is 18.3. The molecule has 0 spiro atoms. The van der Waals surface area contributed by atoms with Crippen LogP contribution in [0, 0.1) is 0 Å². The molecule has 0 radical (unpaired) electrons. The van der Waals surface area contributed by atoms with Gasteiger partial charge >= 0.3 is 6.03 Å². The number of carbonyl (C=O) groups is 1. The first kappa shape index (κ1) is 31.4. The number of rotatable bonds is 6. The van der Waals surface area contributed by atoms with Crippen LogP contribution < -0.4 is 25.6 Å². The molecule has 2 saturated heterocycles. The van der Waals surface area contributed by atoms with Crippen LogP contribution >= 0.6 is 0 Å². The highest BCUT2D eigenvalue weighted by Gasteiger charge is 2.40. The maximum absolute atomic E-state index is 13.5. The summed E-state index contributed by atoms with van der Waals surface area (Å²) < 4.78 is 8.76. The first-order chi connectivity index (χ1) is 22.6. The summed E-state index contributed by atoms with van der Waals surface area (Å²) in [5.74, 6) is 1.73. The Hall–Kier alpha value is -4.15. The van der Waals surface area contributed by atoms with Gasteiger partial charge in [0.2, 0.25) is 0 Å². The molecule has 4 heterocycles. The van der Waals surface area contributed by atoms with Gasteiger partial charge in [-0.2, -0.15) is 0 Å². The van der Waals surface area contributed by atoms with E-state index in [4.69, 9.17) is 4.74 Å². The zero-order valence-electron chi connectivity index (χ0n) is 28.3. The fraction of sp³-hybridized carbons (Fsp3) is 0.486. The van der Waals surface area contributed by atoms with Crippen molar-refractivity contribution in [3.05, 3.63) is 83.3 Å². The van der Waals surface area contributed by atoms with Crippen LogP contribution in [0.25, 0.3) is 5.65 Å². The zero-order valence-corrected chi connectivity index (χ0v) is 28.3. The summed E-state index contributed by atoms with van der Waals surface area (Å²) in [6.07, 6.45) is 5.65. The van der Waals surface area contributed by atoms with Gasteiger partial charge in [0.05, 0.1) is 17.8 Å². The number of likely N-dealkylation sites (tertiary alicyclic amines) is 1. The van der Waals surface area contributed by atoms with Crippen molar-refractivity contribution in [3.63, 3.8) is 0 Å². The van der Waals surface area contributed by atoms with Gasteiger partial charge in [-0.05, 0) is 98.6 Å². The lowest BCUT2D eigenvalue weighted by molar-refractivity contribution is 0.170. The molecule has 0 unspecified atom stereocenters. The van der Waals surface area contributed by atoms with Crippen LogP contribution in [0.2, 0.25) is 0 Å². The topological polar surface area (TPSA) is 99.1 Å². The van der Waals surface area contributed by atoms with Crippen molar-refractivity contribution in [1.29, 1.82) is 0 Å². The number of carbonyl (C=O) groups excluding carboxylic acids is 1. The number of urea groups is 1. The van der Waals surface area contributed by atoms with E-state index in [1.165, 1.54) is 5.56 Å². The van der Waals surface area contributed by atoms with Crippen LogP contribution in [-0.2, 0) is 11.0 Å². The average molecular weight is 637 g/mol. The molecule has 1 aliphatic carbocycles. The van der Waals surface area contributed by atoms with Crippen molar-refractivity contribution in [3.8, 4) is 5.75 Å². The first-order valence-corrected chi connectivity index (χ1v) is 17.1. The van der Waals surface area contributed by atoms with Crippen molar-refractivity contribution < 1.29 is 9.53 Å². The molecule has 10 nitrogen and oxygen atoms in total. The molecule has 2 aliphatic heterocycles. The Balaban J connectivity index is 1.08. The SMILES string of the molecule is CN1CCC[C@@]1(C)c1nnc2ccc(O[C@@H]3CC[C@H](NC(=O)Nc4cc(N5CCNCC5)cc(C(C)(C)C)c4)c4ccccc43)cn12. The molecule has 10 heteroatoms. The number of nitrogens with zero attached hydrogens (tertiary/aromatic N) is 5. The van der Waals surface area contributed by atoms with Gasteiger partial charge in [-0.1, -0.05) is 45.0 Å². The quantitative estimate of drug-likeness (QED) is 0.233. The predicted molar refractivity (Wildman–Crippen MR) is 186 cm³/mol. The molecular formula is C37H48N8O2. The van der Waals surface area contributed by atoms with E-state index in [-0.39, 0.29) is 29.1 Å². The van der Waals surface area contributed by atoms with E-state index < -0.39 is 0 Å². The molecule has 47 heavy (non-hydrogen) atoms. The Labute approximate surface area is 277 Å². The van der Waals surface area contributed by atoms with Crippen molar-refractivity contribution in [2.24, 2.45) is 0 Å². The summed E-state index contributed by atoms with van der Waals surface area (Å²) in [7, 11) is 2.16. The predicted octanol–water partition coefficient (Wildman–Crippen LogP) is 6.15. The normalized spacial score (nSPS) is 23.5. The Morgan fingerprint density at radius 3 is 2.53 bits per heavy atom. The molecule has 3 N–H and O–H groups in total. The third kappa shape index (κ3) is 6.28. The number of hydrogen-bond donors (Lipinski definition) is 3. The largest absolute Gasteiger partial charge is 0.484 e. The summed E-state index contributed by atoms with van der Waals surface area (Å²) in [5, 5.41) is 18.9. The minimum Gasteiger partial charge on any atom is -0.484 e. The Morgan fingerprint density at radius 2 is 1.79 bits per heavy atom. The molecule has 4 aromatic rings. The molecule has 0 saturated carbocycles. The van der Waals surface area contributed by atoms with Crippen LogP contribution in [-0.4, -0.2) is 65.3 Å².